The van der Waals surface area contributed by atoms with Crippen LogP contribution in [0.4, 0.5) is 19.0 Å². The number of halogens is 4. The molecule has 1 unspecified atom stereocenters. The number of aromatic nitrogens is 2. The Morgan fingerprint density at radius 2 is 2.05 bits per heavy atom. The fraction of sp³-hybridized carbons (Fsp3) is 0.286. The van der Waals surface area contributed by atoms with Gasteiger partial charge in [-0.1, -0.05) is 18.2 Å². The zero-order valence-electron chi connectivity index (χ0n) is 11.4. The van der Waals surface area contributed by atoms with E-state index in [1.807, 2.05) is 0 Å². The van der Waals surface area contributed by atoms with E-state index in [4.69, 9.17) is 16.3 Å². The first-order valence-electron chi connectivity index (χ1n) is 6.42. The van der Waals surface area contributed by atoms with E-state index in [1.165, 1.54) is 18.3 Å². The number of alkyl halides is 3. The molecule has 0 bridgehead atoms. The molecule has 1 aromatic carbocycles. The Kier molecular flexibility index (Phi) is 3.60. The molecule has 2 aromatic rings. The molecule has 4 nitrogen and oxygen atoms in total. The van der Waals surface area contributed by atoms with Gasteiger partial charge in [0.25, 0.3) is 0 Å². The Morgan fingerprint density at radius 1 is 1.32 bits per heavy atom. The summed E-state index contributed by atoms with van der Waals surface area (Å²) in [4.78, 5) is 9.46. The molecule has 1 aliphatic rings. The van der Waals surface area contributed by atoms with Crippen LogP contribution in [0, 0.1) is 0 Å². The predicted molar refractivity (Wildman–Crippen MR) is 75.1 cm³/mol. The average Bonchev–Trinajstić information content (AvgIpc) is 2.47. The number of nitrogens with zero attached hydrogens (tertiary/aromatic N) is 3. The van der Waals surface area contributed by atoms with Gasteiger partial charge in [-0.25, -0.2) is 4.98 Å². The number of hydrogen-bond acceptors (Lipinski definition) is 4. The molecule has 0 radical (unpaired) electrons. The monoisotopic (exact) mass is 329 g/mol. The summed E-state index contributed by atoms with van der Waals surface area (Å²) in [6.07, 6.45) is -3.02. The van der Waals surface area contributed by atoms with E-state index in [0.717, 1.165) is 6.07 Å². The topological polar surface area (TPSA) is 38.2 Å². The lowest BCUT2D eigenvalue weighted by molar-refractivity contribution is -0.138. The van der Waals surface area contributed by atoms with Crippen LogP contribution < -0.4 is 9.64 Å². The van der Waals surface area contributed by atoms with Gasteiger partial charge >= 0.3 is 6.18 Å². The summed E-state index contributed by atoms with van der Waals surface area (Å²) in [6.45, 7) is 0.0710. The molecule has 0 amide bonds. The van der Waals surface area contributed by atoms with Gasteiger partial charge in [0.1, 0.15) is 6.61 Å². The second-order valence-corrected chi connectivity index (χ2v) is 5.19. The summed E-state index contributed by atoms with van der Waals surface area (Å²) in [6, 6.07) is 4.83. The quantitative estimate of drug-likeness (QED) is 0.747. The summed E-state index contributed by atoms with van der Waals surface area (Å²) >= 11 is 5.76. The molecule has 1 aromatic heterocycles. The SMILES string of the molecule is CN1c2nc(Cl)ncc2OCC1c1ccccc1C(F)(F)F. The third-order valence-corrected chi connectivity index (χ3v) is 3.71. The minimum Gasteiger partial charge on any atom is -0.486 e. The molecule has 0 saturated carbocycles. The fourth-order valence-corrected chi connectivity index (χ4v) is 2.60. The third-order valence-electron chi connectivity index (χ3n) is 3.53. The van der Waals surface area contributed by atoms with Crippen molar-refractivity contribution >= 4 is 17.4 Å². The molecule has 0 N–H and O–H groups in total. The fourth-order valence-electron chi connectivity index (χ4n) is 2.47. The van der Waals surface area contributed by atoms with E-state index in [2.05, 4.69) is 9.97 Å². The van der Waals surface area contributed by atoms with Crippen LogP contribution in [0.5, 0.6) is 5.75 Å². The number of ether oxygens (including phenoxy) is 1. The Balaban J connectivity index is 2.05. The Bertz CT molecular complexity index is 708. The summed E-state index contributed by atoms with van der Waals surface area (Å²) in [5.41, 5.74) is -0.545. The second-order valence-electron chi connectivity index (χ2n) is 4.85. The predicted octanol–water partition coefficient (Wildman–Crippen LogP) is 3.72. The van der Waals surface area contributed by atoms with E-state index < -0.39 is 17.8 Å². The Labute approximate surface area is 129 Å². The van der Waals surface area contributed by atoms with Crippen molar-refractivity contribution < 1.29 is 17.9 Å². The molecule has 0 saturated heterocycles. The summed E-state index contributed by atoms with van der Waals surface area (Å²) < 4.78 is 45.0. The molecule has 0 aliphatic carbocycles. The summed E-state index contributed by atoms with van der Waals surface area (Å²) in [5.74, 6) is 0.765. The Hall–Kier alpha value is -2.02. The first kappa shape index (κ1) is 14.9. The van der Waals surface area contributed by atoms with Crippen LogP contribution in [-0.2, 0) is 6.18 Å². The van der Waals surface area contributed by atoms with Gasteiger partial charge in [-0.2, -0.15) is 18.2 Å². The third kappa shape index (κ3) is 2.56. The first-order chi connectivity index (χ1) is 10.4. The van der Waals surface area contributed by atoms with Crippen molar-refractivity contribution in [2.24, 2.45) is 0 Å². The number of rotatable bonds is 1. The lowest BCUT2D eigenvalue weighted by atomic mass is 9.98. The van der Waals surface area contributed by atoms with E-state index in [1.54, 1.807) is 18.0 Å². The van der Waals surface area contributed by atoms with E-state index in [-0.39, 0.29) is 17.5 Å². The molecular weight excluding hydrogens is 319 g/mol. The van der Waals surface area contributed by atoms with Gasteiger partial charge in [-0.3, -0.25) is 0 Å². The summed E-state index contributed by atoms with van der Waals surface area (Å²) in [7, 11) is 1.66. The van der Waals surface area contributed by atoms with Crippen molar-refractivity contribution in [3.8, 4) is 5.75 Å². The molecule has 3 rings (SSSR count). The first-order valence-corrected chi connectivity index (χ1v) is 6.80. The number of fused-ring (bicyclic) bond motifs is 1. The average molecular weight is 330 g/mol. The van der Waals surface area contributed by atoms with E-state index in [0.29, 0.717) is 11.6 Å². The molecule has 116 valence electrons. The van der Waals surface area contributed by atoms with Crippen molar-refractivity contribution in [2.45, 2.75) is 12.2 Å². The Morgan fingerprint density at radius 3 is 2.77 bits per heavy atom. The van der Waals surface area contributed by atoms with Crippen molar-refractivity contribution in [1.82, 2.24) is 9.97 Å². The lowest BCUT2D eigenvalue weighted by Gasteiger charge is -2.35. The number of anilines is 1. The largest absolute Gasteiger partial charge is 0.486 e. The van der Waals surface area contributed by atoms with Crippen LogP contribution >= 0.6 is 11.6 Å². The molecule has 1 atom stereocenters. The standard InChI is InChI=1S/C14H11ClF3N3O/c1-21-10(7-22-11-6-19-13(15)20-12(11)21)8-4-2-3-5-9(8)14(16,17)18/h2-6,10H,7H2,1H3. The van der Waals surface area contributed by atoms with Gasteiger partial charge < -0.3 is 9.64 Å². The number of likely N-dealkylation sites (N-methyl/N-ethyl adjacent to an activating group) is 1. The van der Waals surface area contributed by atoms with Crippen LogP contribution in [0.2, 0.25) is 5.28 Å². The molecule has 8 heteroatoms. The van der Waals surface area contributed by atoms with Crippen LogP contribution in [0.15, 0.2) is 30.5 Å². The second kappa shape index (κ2) is 5.31. The smallest absolute Gasteiger partial charge is 0.416 e. The van der Waals surface area contributed by atoms with Crippen LogP contribution in [0.3, 0.4) is 0 Å². The van der Waals surface area contributed by atoms with Gasteiger partial charge in [-0.15, -0.1) is 0 Å². The van der Waals surface area contributed by atoms with Crippen LogP contribution in [0.1, 0.15) is 17.2 Å². The van der Waals surface area contributed by atoms with Gasteiger partial charge in [0.05, 0.1) is 17.8 Å². The zero-order chi connectivity index (χ0) is 15.9. The van der Waals surface area contributed by atoms with Crippen molar-refractivity contribution in [3.63, 3.8) is 0 Å². The molecule has 0 spiro atoms. The van der Waals surface area contributed by atoms with E-state index >= 15 is 0 Å². The van der Waals surface area contributed by atoms with Gasteiger partial charge in [-0.05, 0) is 23.2 Å². The highest BCUT2D eigenvalue weighted by Gasteiger charge is 2.38. The maximum atomic E-state index is 13.2. The van der Waals surface area contributed by atoms with Crippen LogP contribution in [-0.4, -0.2) is 23.6 Å². The highest BCUT2D eigenvalue weighted by atomic mass is 35.5. The molecule has 0 fully saturated rings. The maximum Gasteiger partial charge on any atom is 0.416 e. The summed E-state index contributed by atoms with van der Waals surface area (Å²) in [5, 5.41) is 0.0129. The minimum absolute atomic E-state index is 0.0129. The molecule has 22 heavy (non-hydrogen) atoms. The number of benzene rings is 1. The maximum absolute atomic E-state index is 13.2. The van der Waals surface area contributed by atoms with Gasteiger partial charge in [0.2, 0.25) is 5.28 Å². The zero-order valence-corrected chi connectivity index (χ0v) is 12.2. The lowest BCUT2D eigenvalue weighted by Crippen LogP contribution is -2.35. The highest BCUT2D eigenvalue weighted by molar-refractivity contribution is 6.28. The minimum atomic E-state index is -4.43. The van der Waals surface area contributed by atoms with Crippen LogP contribution in [0.25, 0.3) is 0 Å². The molecule has 1 aliphatic heterocycles. The van der Waals surface area contributed by atoms with Gasteiger partial charge in [0.15, 0.2) is 11.6 Å². The van der Waals surface area contributed by atoms with Crippen molar-refractivity contribution in [3.05, 3.63) is 46.9 Å². The van der Waals surface area contributed by atoms with E-state index in [9.17, 15) is 13.2 Å². The number of hydrogen-bond donors (Lipinski definition) is 0. The molecular formula is C14H11ClF3N3O. The van der Waals surface area contributed by atoms with Crippen molar-refractivity contribution in [1.29, 1.82) is 0 Å². The van der Waals surface area contributed by atoms with Crippen molar-refractivity contribution in [2.75, 3.05) is 18.6 Å². The normalized spacial score (nSPS) is 17.9. The molecule has 2 heterocycles. The highest BCUT2D eigenvalue weighted by Crippen LogP contribution is 2.41. The van der Waals surface area contributed by atoms with Gasteiger partial charge in [0, 0.05) is 7.05 Å².